The zero-order valence-corrected chi connectivity index (χ0v) is 15.2. The first-order chi connectivity index (χ1) is 13.0. The zero-order chi connectivity index (χ0) is 19.4. The summed E-state index contributed by atoms with van der Waals surface area (Å²) in [7, 11) is 0. The molecule has 3 rings (SSSR count). The number of ether oxygens (including phenoxy) is 1. The smallest absolute Gasteiger partial charge is 0.343 e. The van der Waals surface area contributed by atoms with Gasteiger partial charge in [-0.05, 0) is 44.2 Å². The van der Waals surface area contributed by atoms with Gasteiger partial charge in [-0.1, -0.05) is 18.2 Å². The van der Waals surface area contributed by atoms with E-state index in [1.54, 1.807) is 49.4 Å². The van der Waals surface area contributed by atoms with E-state index in [9.17, 15) is 14.4 Å². The molecular formula is C21H20N2O4. The molecule has 27 heavy (non-hydrogen) atoms. The van der Waals surface area contributed by atoms with Gasteiger partial charge in [0.15, 0.2) is 0 Å². The molecule has 0 aliphatic carbocycles. The summed E-state index contributed by atoms with van der Waals surface area (Å²) in [6.07, 6.45) is 1.52. The van der Waals surface area contributed by atoms with Crippen molar-refractivity contribution in [3.8, 4) is 0 Å². The van der Waals surface area contributed by atoms with Crippen LogP contribution in [0.4, 0.5) is 5.69 Å². The van der Waals surface area contributed by atoms with Gasteiger partial charge in [0.2, 0.25) is 5.43 Å². The van der Waals surface area contributed by atoms with E-state index in [-0.39, 0.29) is 18.1 Å². The zero-order valence-electron chi connectivity index (χ0n) is 15.2. The van der Waals surface area contributed by atoms with Crippen molar-refractivity contribution in [2.45, 2.75) is 20.4 Å². The molecule has 1 N–H and O–H groups in total. The molecule has 1 heterocycles. The van der Waals surface area contributed by atoms with Crippen molar-refractivity contribution in [3.05, 3.63) is 76.1 Å². The van der Waals surface area contributed by atoms with Crippen LogP contribution in [0, 0.1) is 0 Å². The summed E-state index contributed by atoms with van der Waals surface area (Å²) in [4.78, 5) is 37.3. The van der Waals surface area contributed by atoms with Gasteiger partial charge in [0.05, 0.1) is 12.1 Å². The maximum Gasteiger partial charge on any atom is 0.343 e. The molecule has 0 saturated carbocycles. The third-order valence-electron chi connectivity index (χ3n) is 4.21. The molecule has 1 amide bonds. The molecule has 0 bridgehead atoms. The van der Waals surface area contributed by atoms with E-state index in [4.69, 9.17) is 4.74 Å². The van der Waals surface area contributed by atoms with Crippen LogP contribution >= 0.6 is 0 Å². The second-order valence-electron chi connectivity index (χ2n) is 5.93. The first kappa shape index (κ1) is 18.4. The fourth-order valence-corrected chi connectivity index (χ4v) is 2.88. The maximum absolute atomic E-state index is 12.8. The van der Waals surface area contributed by atoms with E-state index in [0.29, 0.717) is 28.7 Å². The van der Waals surface area contributed by atoms with Gasteiger partial charge in [-0.2, -0.15) is 0 Å². The Labute approximate surface area is 156 Å². The quantitative estimate of drug-likeness (QED) is 0.704. The molecule has 0 aliphatic rings. The van der Waals surface area contributed by atoms with Gasteiger partial charge < -0.3 is 14.6 Å². The number of pyridine rings is 1. The molecule has 2 aromatic carbocycles. The number of anilines is 1. The molecule has 0 atom stereocenters. The van der Waals surface area contributed by atoms with Crippen LogP contribution in [-0.4, -0.2) is 23.1 Å². The highest BCUT2D eigenvalue weighted by Gasteiger charge is 2.17. The first-order valence-corrected chi connectivity index (χ1v) is 8.75. The van der Waals surface area contributed by atoms with Gasteiger partial charge in [0.1, 0.15) is 5.56 Å². The number of amides is 1. The van der Waals surface area contributed by atoms with E-state index in [0.717, 1.165) is 0 Å². The van der Waals surface area contributed by atoms with Gasteiger partial charge in [0.25, 0.3) is 5.91 Å². The molecule has 0 unspecified atom stereocenters. The normalized spacial score (nSPS) is 10.6. The Kier molecular flexibility index (Phi) is 5.35. The van der Waals surface area contributed by atoms with E-state index < -0.39 is 11.4 Å². The molecule has 6 heteroatoms. The van der Waals surface area contributed by atoms with E-state index in [1.165, 1.54) is 6.20 Å². The average Bonchev–Trinajstić information content (AvgIpc) is 2.69. The number of nitrogens with one attached hydrogen (secondary N) is 1. The lowest BCUT2D eigenvalue weighted by molar-refractivity contribution is 0.0524. The minimum absolute atomic E-state index is 0.0160. The molecule has 0 spiro atoms. The average molecular weight is 364 g/mol. The van der Waals surface area contributed by atoms with Crippen molar-refractivity contribution in [2.24, 2.45) is 0 Å². The van der Waals surface area contributed by atoms with Gasteiger partial charge >= 0.3 is 5.97 Å². The van der Waals surface area contributed by atoms with Crippen LogP contribution in [0.3, 0.4) is 0 Å². The highest BCUT2D eigenvalue weighted by molar-refractivity contribution is 6.05. The molecule has 138 valence electrons. The molecule has 0 aliphatic heterocycles. The largest absolute Gasteiger partial charge is 0.462 e. The van der Waals surface area contributed by atoms with Crippen molar-refractivity contribution >= 4 is 28.5 Å². The van der Waals surface area contributed by atoms with Gasteiger partial charge in [-0.3, -0.25) is 9.59 Å². The van der Waals surface area contributed by atoms with E-state index in [1.807, 2.05) is 17.6 Å². The minimum atomic E-state index is -0.648. The standard InChI is InChI=1S/C21H20N2O4/c1-3-23-13-17(21(26)27-4-2)19(24)16-12-15(10-11-18(16)23)22-20(25)14-8-6-5-7-9-14/h5-13H,3-4H2,1-2H3,(H,22,25). The Balaban J connectivity index is 2.05. The lowest BCUT2D eigenvalue weighted by Crippen LogP contribution is -2.21. The highest BCUT2D eigenvalue weighted by Crippen LogP contribution is 2.19. The Morgan fingerprint density at radius 1 is 1.07 bits per heavy atom. The van der Waals surface area contributed by atoms with Crippen LogP contribution < -0.4 is 10.7 Å². The van der Waals surface area contributed by atoms with Crippen LogP contribution in [0.15, 0.2) is 59.5 Å². The maximum atomic E-state index is 12.8. The second kappa shape index (κ2) is 7.86. The van der Waals surface area contributed by atoms with Gasteiger partial charge in [-0.15, -0.1) is 0 Å². The third-order valence-corrected chi connectivity index (χ3v) is 4.21. The Morgan fingerprint density at radius 3 is 2.48 bits per heavy atom. The van der Waals surface area contributed by atoms with Crippen LogP contribution in [0.2, 0.25) is 0 Å². The summed E-state index contributed by atoms with van der Waals surface area (Å²) in [5, 5.41) is 3.14. The van der Waals surface area contributed by atoms with Gasteiger partial charge in [-0.25, -0.2) is 4.79 Å². The van der Waals surface area contributed by atoms with Crippen molar-refractivity contribution in [2.75, 3.05) is 11.9 Å². The third kappa shape index (κ3) is 3.74. The van der Waals surface area contributed by atoms with Crippen molar-refractivity contribution in [1.29, 1.82) is 0 Å². The molecule has 3 aromatic rings. The predicted molar refractivity (Wildman–Crippen MR) is 104 cm³/mol. The van der Waals surface area contributed by atoms with E-state index >= 15 is 0 Å². The summed E-state index contributed by atoms with van der Waals surface area (Å²) < 4.78 is 6.80. The lowest BCUT2D eigenvalue weighted by Gasteiger charge is -2.13. The molecule has 0 fully saturated rings. The first-order valence-electron chi connectivity index (χ1n) is 8.75. The number of carbonyl (C=O) groups excluding carboxylic acids is 2. The van der Waals surface area contributed by atoms with Crippen LogP contribution in [0.25, 0.3) is 10.9 Å². The van der Waals surface area contributed by atoms with Crippen LogP contribution in [-0.2, 0) is 11.3 Å². The van der Waals surface area contributed by atoms with Gasteiger partial charge in [0, 0.05) is 29.4 Å². The second-order valence-corrected chi connectivity index (χ2v) is 5.93. The fraction of sp³-hybridized carbons (Fsp3) is 0.190. The number of hydrogen-bond acceptors (Lipinski definition) is 4. The number of aryl methyl sites for hydroxylation is 1. The Morgan fingerprint density at radius 2 is 1.81 bits per heavy atom. The molecule has 6 nitrogen and oxygen atoms in total. The fourth-order valence-electron chi connectivity index (χ4n) is 2.88. The Bertz CT molecular complexity index is 1050. The summed E-state index contributed by atoms with van der Waals surface area (Å²) >= 11 is 0. The van der Waals surface area contributed by atoms with Crippen molar-refractivity contribution in [1.82, 2.24) is 4.57 Å². The molecular weight excluding hydrogens is 344 g/mol. The number of rotatable bonds is 5. The number of fused-ring (bicyclic) bond motifs is 1. The predicted octanol–water partition coefficient (Wildman–Crippen LogP) is 3.45. The van der Waals surface area contributed by atoms with Crippen LogP contribution in [0.1, 0.15) is 34.6 Å². The van der Waals surface area contributed by atoms with E-state index in [2.05, 4.69) is 5.32 Å². The number of carbonyl (C=O) groups is 2. The number of hydrogen-bond donors (Lipinski definition) is 1. The van der Waals surface area contributed by atoms with Crippen LogP contribution in [0.5, 0.6) is 0 Å². The SMILES string of the molecule is CCOC(=O)c1cn(CC)c2ccc(NC(=O)c3ccccc3)cc2c1=O. The summed E-state index contributed by atoms with van der Waals surface area (Å²) in [6, 6.07) is 13.9. The topological polar surface area (TPSA) is 77.4 Å². The number of benzene rings is 2. The molecule has 0 radical (unpaired) electrons. The minimum Gasteiger partial charge on any atom is -0.462 e. The number of nitrogens with zero attached hydrogens (tertiary/aromatic N) is 1. The van der Waals surface area contributed by atoms with Crippen molar-refractivity contribution in [3.63, 3.8) is 0 Å². The summed E-state index contributed by atoms with van der Waals surface area (Å²) in [5.74, 6) is -0.919. The lowest BCUT2D eigenvalue weighted by atomic mass is 10.1. The number of aromatic nitrogens is 1. The number of esters is 1. The summed E-state index contributed by atoms with van der Waals surface area (Å²) in [6.45, 7) is 4.38. The van der Waals surface area contributed by atoms with Crippen molar-refractivity contribution < 1.29 is 14.3 Å². The highest BCUT2D eigenvalue weighted by atomic mass is 16.5. The monoisotopic (exact) mass is 364 g/mol. The summed E-state index contributed by atoms with van der Waals surface area (Å²) in [5.41, 5.74) is 1.26. The molecule has 0 saturated heterocycles. The molecule has 1 aromatic heterocycles. The Hall–Kier alpha value is -3.41.